The van der Waals surface area contributed by atoms with E-state index in [1.807, 2.05) is 0 Å². The van der Waals surface area contributed by atoms with Gasteiger partial charge >= 0.3 is 5.97 Å². The minimum Gasteiger partial charge on any atom is -0.454 e. The molecule has 6 nitrogen and oxygen atoms in total. The van der Waals surface area contributed by atoms with Crippen molar-refractivity contribution in [3.05, 3.63) is 65.2 Å². The summed E-state index contributed by atoms with van der Waals surface area (Å²) in [7, 11) is 0. The van der Waals surface area contributed by atoms with Crippen molar-refractivity contribution < 1.29 is 19.1 Å². The summed E-state index contributed by atoms with van der Waals surface area (Å²) in [6.45, 7) is -0.773. The summed E-state index contributed by atoms with van der Waals surface area (Å²) < 4.78 is 4.79. The molecule has 0 fully saturated rings. The van der Waals surface area contributed by atoms with Gasteiger partial charge in [0.15, 0.2) is 6.61 Å². The van der Waals surface area contributed by atoms with Crippen LogP contribution in [0.15, 0.2) is 54.6 Å². The maximum atomic E-state index is 11.7. The van der Waals surface area contributed by atoms with Crippen LogP contribution in [0.1, 0.15) is 10.4 Å². The number of carbonyl (C=O) groups excluding carboxylic acids is 3. The number of benzene rings is 2. The van der Waals surface area contributed by atoms with Gasteiger partial charge in [0, 0.05) is 16.3 Å². The Bertz CT molecular complexity index is 734. The van der Waals surface area contributed by atoms with Crippen LogP contribution in [0, 0.1) is 0 Å². The Morgan fingerprint density at radius 2 is 1.75 bits per heavy atom. The molecular formula is C17H15ClN2O4. The highest BCUT2D eigenvalue weighted by molar-refractivity contribution is 6.30. The summed E-state index contributed by atoms with van der Waals surface area (Å²) >= 11 is 5.80. The SMILES string of the molecule is O=C(COC(=O)CNC(=O)c1ccccc1)Nc1cccc(Cl)c1. The first-order chi connectivity index (χ1) is 11.5. The van der Waals surface area contributed by atoms with Crippen LogP contribution in [-0.4, -0.2) is 30.9 Å². The molecular weight excluding hydrogens is 332 g/mol. The van der Waals surface area contributed by atoms with Crippen molar-refractivity contribution in [2.24, 2.45) is 0 Å². The summed E-state index contributed by atoms with van der Waals surface area (Å²) in [4.78, 5) is 35.0. The molecule has 0 spiro atoms. The molecule has 0 aliphatic heterocycles. The second-order valence-corrected chi connectivity index (χ2v) is 5.20. The fraction of sp³-hybridized carbons (Fsp3) is 0.118. The van der Waals surface area contributed by atoms with Crippen molar-refractivity contribution >= 4 is 35.1 Å². The van der Waals surface area contributed by atoms with E-state index in [0.29, 0.717) is 16.3 Å². The molecule has 0 saturated heterocycles. The number of ether oxygens (including phenoxy) is 1. The number of nitrogens with one attached hydrogen (secondary N) is 2. The molecule has 2 N–H and O–H groups in total. The Morgan fingerprint density at radius 3 is 2.46 bits per heavy atom. The topological polar surface area (TPSA) is 84.5 Å². The van der Waals surface area contributed by atoms with Gasteiger partial charge in [-0.25, -0.2) is 0 Å². The van der Waals surface area contributed by atoms with E-state index in [2.05, 4.69) is 10.6 Å². The summed E-state index contributed by atoms with van der Waals surface area (Å²) in [5, 5.41) is 5.44. The summed E-state index contributed by atoms with van der Waals surface area (Å²) in [5.74, 6) is -1.60. The molecule has 2 aromatic rings. The number of carbonyl (C=O) groups is 3. The van der Waals surface area contributed by atoms with Crippen LogP contribution in [0.2, 0.25) is 5.02 Å². The zero-order valence-corrected chi connectivity index (χ0v) is 13.4. The Morgan fingerprint density at radius 1 is 1.00 bits per heavy atom. The quantitative estimate of drug-likeness (QED) is 0.786. The highest BCUT2D eigenvalue weighted by atomic mass is 35.5. The molecule has 0 radical (unpaired) electrons. The van der Waals surface area contributed by atoms with E-state index in [0.717, 1.165) is 0 Å². The zero-order chi connectivity index (χ0) is 17.4. The van der Waals surface area contributed by atoms with E-state index < -0.39 is 24.4 Å². The fourth-order valence-electron chi connectivity index (χ4n) is 1.80. The standard InChI is InChI=1S/C17H15ClN2O4/c18-13-7-4-8-14(9-13)20-15(21)11-24-16(22)10-19-17(23)12-5-2-1-3-6-12/h1-9H,10-11H2,(H,19,23)(H,20,21). The van der Waals surface area contributed by atoms with Crippen molar-refractivity contribution in [1.29, 1.82) is 0 Å². The minimum absolute atomic E-state index is 0.321. The molecule has 7 heteroatoms. The second-order valence-electron chi connectivity index (χ2n) is 4.77. The molecule has 2 rings (SSSR count). The van der Waals surface area contributed by atoms with Gasteiger partial charge in [0.2, 0.25) is 0 Å². The zero-order valence-electron chi connectivity index (χ0n) is 12.6. The number of hydrogen-bond acceptors (Lipinski definition) is 4. The normalized spacial score (nSPS) is 9.88. The van der Waals surface area contributed by atoms with Crippen molar-refractivity contribution in [3.63, 3.8) is 0 Å². The van der Waals surface area contributed by atoms with Crippen molar-refractivity contribution in [3.8, 4) is 0 Å². The van der Waals surface area contributed by atoms with Gasteiger partial charge in [0.1, 0.15) is 6.54 Å². The van der Waals surface area contributed by atoms with E-state index in [1.54, 1.807) is 54.6 Å². The summed E-state index contributed by atoms with van der Waals surface area (Å²) in [5.41, 5.74) is 0.935. The monoisotopic (exact) mass is 346 g/mol. The Kier molecular flexibility index (Phi) is 6.33. The molecule has 0 aliphatic carbocycles. The Labute approximate surface area is 143 Å². The lowest BCUT2D eigenvalue weighted by Gasteiger charge is -2.08. The number of amides is 2. The van der Waals surface area contributed by atoms with Gasteiger partial charge in [-0.3, -0.25) is 14.4 Å². The summed E-state index contributed by atoms with van der Waals surface area (Å²) in [6, 6.07) is 15.0. The second kappa shape index (κ2) is 8.69. The third-order valence-electron chi connectivity index (χ3n) is 2.90. The molecule has 0 aliphatic rings. The van der Waals surface area contributed by atoms with E-state index in [-0.39, 0.29) is 6.54 Å². The fourth-order valence-corrected chi connectivity index (χ4v) is 1.99. The molecule has 24 heavy (non-hydrogen) atoms. The van der Waals surface area contributed by atoms with Gasteiger partial charge in [-0.1, -0.05) is 35.9 Å². The highest BCUT2D eigenvalue weighted by Crippen LogP contribution is 2.14. The minimum atomic E-state index is -0.708. The maximum Gasteiger partial charge on any atom is 0.325 e. The molecule has 124 valence electrons. The molecule has 0 unspecified atom stereocenters. The number of esters is 1. The van der Waals surface area contributed by atoms with Crippen LogP contribution in [0.5, 0.6) is 0 Å². The van der Waals surface area contributed by atoms with Crippen molar-refractivity contribution in [2.45, 2.75) is 0 Å². The van der Waals surface area contributed by atoms with Gasteiger partial charge in [-0.05, 0) is 30.3 Å². The molecule has 2 amide bonds. The van der Waals surface area contributed by atoms with E-state index >= 15 is 0 Å². The van der Waals surface area contributed by atoms with Crippen molar-refractivity contribution in [2.75, 3.05) is 18.5 Å². The lowest BCUT2D eigenvalue weighted by molar-refractivity contribution is -0.146. The molecule has 0 aromatic heterocycles. The van der Waals surface area contributed by atoms with Crippen LogP contribution in [0.25, 0.3) is 0 Å². The van der Waals surface area contributed by atoms with Crippen LogP contribution in [0.3, 0.4) is 0 Å². The van der Waals surface area contributed by atoms with E-state index in [9.17, 15) is 14.4 Å². The lowest BCUT2D eigenvalue weighted by Crippen LogP contribution is -2.32. The predicted molar refractivity (Wildman–Crippen MR) is 89.8 cm³/mol. The number of halogens is 1. The largest absolute Gasteiger partial charge is 0.454 e. The van der Waals surface area contributed by atoms with Crippen molar-refractivity contribution in [1.82, 2.24) is 5.32 Å². The highest BCUT2D eigenvalue weighted by Gasteiger charge is 2.10. The van der Waals surface area contributed by atoms with Crippen LogP contribution >= 0.6 is 11.6 Å². The van der Waals surface area contributed by atoms with Gasteiger partial charge in [-0.2, -0.15) is 0 Å². The third-order valence-corrected chi connectivity index (χ3v) is 3.14. The first kappa shape index (κ1) is 17.5. The first-order valence-electron chi connectivity index (χ1n) is 7.09. The average Bonchev–Trinajstić information content (AvgIpc) is 2.58. The van der Waals surface area contributed by atoms with Crippen LogP contribution in [-0.2, 0) is 14.3 Å². The smallest absolute Gasteiger partial charge is 0.325 e. The molecule has 0 bridgehead atoms. The molecule has 0 saturated carbocycles. The Balaban J connectivity index is 1.71. The Hall–Kier alpha value is -2.86. The lowest BCUT2D eigenvalue weighted by atomic mass is 10.2. The van der Waals surface area contributed by atoms with E-state index in [4.69, 9.17) is 16.3 Å². The molecule has 0 atom stereocenters. The predicted octanol–water partition coefficient (Wildman–Crippen LogP) is 2.25. The van der Waals surface area contributed by atoms with Gasteiger partial charge in [0.25, 0.3) is 11.8 Å². The van der Waals surface area contributed by atoms with Gasteiger partial charge in [0.05, 0.1) is 0 Å². The molecule has 0 heterocycles. The van der Waals surface area contributed by atoms with Crippen LogP contribution < -0.4 is 10.6 Å². The first-order valence-corrected chi connectivity index (χ1v) is 7.46. The number of rotatable bonds is 6. The molecule has 2 aromatic carbocycles. The maximum absolute atomic E-state index is 11.7. The number of hydrogen-bond donors (Lipinski definition) is 2. The summed E-state index contributed by atoms with van der Waals surface area (Å²) in [6.07, 6.45) is 0. The average molecular weight is 347 g/mol. The van der Waals surface area contributed by atoms with Crippen LogP contribution in [0.4, 0.5) is 5.69 Å². The van der Waals surface area contributed by atoms with Gasteiger partial charge in [-0.15, -0.1) is 0 Å². The third kappa shape index (κ3) is 5.73. The number of anilines is 1. The van der Waals surface area contributed by atoms with E-state index in [1.165, 1.54) is 0 Å². The van der Waals surface area contributed by atoms with Gasteiger partial charge < -0.3 is 15.4 Å².